The van der Waals surface area contributed by atoms with Gasteiger partial charge in [0.25, 0.3) is 5.91 Å². The van der Waals surface area contributed by atoms with E-state index >= 15 is 0 Å². The average Bonchev–Trinajstić information content (AvgIpc) is 2.48. The molecule has 0 aliphatic rings. The van der Waals surface area contributed by atoms with Gasteiger partial charge in [-0.2, -0.15) is 5.26 Å². The zero-order chi connectivity index (χ0) is 16.1. The van der Waals surface area contributed by atoms with Crippen molar-refractivity contribution >= 4 is 52.5 Å². The van der Waals surface area contributed by atoms with Crippen molar-refractivity contribution in [2.45, 2.75) is 0 Å². The second kappa shape index (κ2) is 7.33. The van der Waals surface area contributed by atoms with Crippen LogP contribution in [-0.4, -0.2) is 5.91 Å². The van der Waals surface area contributed by atoms with Crippen LogP contribution >= 0.6 is 34.8 Å². The summed E-state index contributed by atoms with van der Waals surface area (Å²) in [5.41, 5.74) is 0.825. The van der Waals surface area contributed by atoms with Crippen molar-refractivity contribution < 1.29 is 4.79 Å². The smallest absolute Gasteiger partial charge is 0.266 e. The van der Waals surface area contributed by atoms with Crippen LogP contribution in [0.5, 0.6) is 0 Å². The number of rotatable bonds is 3. The Kier molecular flexibility index (Phi) is 5.46. The number of halogens is 3. The van der Waals surface area contributed by atoms with E-state index in [0.717, 1.165) is 0 Å². The first-order valence-electron chi connectivity index (χ1n) is 6.14. The number of carbonyl (C=O) groups excluding carboxylic acids is 1. The van der Waals surface area contributed by atoms with Crippen LogP contribution in [0.3, 0.4) is 0 Å². The number of amides is 1. The molecule has 1 amide bonds. The molecular weight excluding hydrogens is 343 g/mol. The van der Waals surface area contributed by atoms with Gasteiger partial charge < -0.3 is 5.32 Å². The van der Waals surface area contributed by atoms with Gasteiger partial charge in [-0.15, -0.1) is 0 Å². The molecule has 110 valence electrons. The number of benzene rings is 2. The number of nitrogens with one attached hydrogen (secondary N) is 1. The Morgan fingerprint density at radius 1 is 1.09 bits per heavy atom. The van der Waals surface area contributed by atoms with E-state index in [9.17, 15) is 4.79 Å². The molecule has 2 rings (SSSR count). The van der Waals surface area contributed by atoms with Gasteiger partial charge in [-0.1, -0.05) is 53.0 Å². The topological polar surface area (TPSA) is 52.9 Å². The van der Waals surface area contributed by atoms with E-state index in [1.54, 1.807) is 42.5 Å². The summed E-state index contributed by atoms with van der Waals surface area (Å²) in [7, 11) is 0. The Morgan fingerprint density at radius 3 is 2.32 bits per heavy atom. The summed E-state index contributed by atoms with van der Waals surface area (Å²) in [5.74, 6) is -0.600. The molecule has 0 atom stereocenters. The monoisotopic (exact) mass is 350 g/mol. The average molecular weight is 352 g/mol. The Labute approximate surface area is 142 Å². The highest BCUT2D eigenvalue weighted by atomic mass is 35.5. The molecule has 0 bridgehead atoms. The molecule has 0 heterocycles. The minimum atomic E-state index is -0.600. The fraction of sp³-hybridized carbons (Fsp3) is 0. The van der Waals surface area contributed by atoms with Gasteiger partial charge >= 0.3 is 0 Å². The summed E-state index contributed by atoms with van der Waals surface area (Å²) in [4.78, 5) is 12.2. The van der Waals surface area contributed by atoms with Gasteiger partial charge in [0.05, 0.1) is 15.7 Å². The second-order valence-electron chi connectivity index (χ2n) is 4.28. The van der Waals surface area contributed by atoms with Gasteiger partial charge in [0.1, 0.15) is 11.6 Å². The van der Waals surface area contributed by atoms with Crippen LogP contribution in [0.25, 0.3) is 6.08 Å². The quantitative estimate of drug-likeness (QED) is 0.611. The fourth-order valence-electron chi connectivity index (χ4n) is 1.71. The minimum Gasteiger partial charge on any atom is -0.319 e. The lowest BCUT2D eigenvalue weighted by atomic mass is 10.1. The molecule has 0 unspecified atom stereocenters. The molecule has 0 saturated carbocycles. The van der Waals surface area contributed by atoms with E-state index < -0.39 is 5.91 Å². The van der Waals surface area contributed by atoms with E-state index in [4.69, 9.17) is 40.1 Å². The molecule has 22 heavy (non-hydrogen) atoms. The SMILES string of the molecule is N#C/C(=C\c1cccc(Cl)c1)C(=O)Nc1c(Cl)cccc1Cl. The first kappa shape index (κ1) is 16.4. The van der Waals surface area contributed by atoms with Crippen LogP contribution < -0.4 is 5.32 Å². The maximum absolute atomic E-state index is 12.2. The normalized spacial score (nSPS) is 10.9. The lowest BCUT2D eigenvalue weighted by Gasteiger charge is -2.08. The number of hydrogen-bond donors (Lipinski definition) is 1. The standard InChI is InChI=1S/C16H9Cl3N2O/c17-12-4-1-3-10(8-12)7-11(9-20)16(22)21-15-13(18)5-2-6-14(15)19/h1-8H,(H,21,22)/b11-7+. The van der Waals surface area contributed by atoms with E-state index in [-0.39, 0.29) is 11.3 Å². The highest BCUT2D eigenvalue weighted by molar-refractivity contribution is 6.40. The Bertz CT molecular complexity index is 774. The number of nitriles is 1. The van der Waals surface area contributed by atoms with Crippen LogP contribution in [-0.2, 0) is 4.79 Å². The van der Waals surface area contributed by atoms with E-state index in [1.807, 2.05) is 6.07 Å². The van der Waals surface area contributed by atoms with Crippen molar-refractivity contribution in [2.24, 2.45) is 0 Å². The molecule has 0 radical (unpaired) electrons. The Morgan fingerprint density at radius 2 is 1.73 bits per heavy atom. The minimum absolute atomic E-state index is 0.0850. The molecule has 0 saturated heterocycles. The lowest BCUT2D eigenvalue weighted by molar-refractivity contribution is -0.112. The molecule has 0 aliphatic carbocycles. The third-order valence-corrected chi connectivity index (χ3v) is 3.59. The third-order valence-electron chi connectivity index (χ3n) is 2.73. The fourth-order valence-corrected chi connectivity index (χ4v) is 2.40. The highest BCUT2D eigenvalue weighted by Gasteiger charge is 2.13. The Balaban J connectivity index is 2.29. The van der Waals surface area contributed by atoms with Gasteiger partial charge in [0.2, 0.25) is 0 Å². The van der Waals surface area contributed by atoms with E-state index in [1.165, 1.54) is 6.08 Å². The molecule has 0 spiro atoms. The van der Waals surface area contributed by atoms with Crippen molar-refractivity contribution in [3.05, 3.63) is 68.7 Å². The summed E-state index contributed by atoms with van der Waals surface area (Å²) in [5, 5.41) is 12.8. The number of carbonyl (C=O) groups is 1. The van der Waals surface area contributed by atoms with Crippen molar-refractivity contribution in [3.63, 3.8) is 0 Å². The first-order chi connectivity index (χ1) is 10.5. The Hall–Kier alpha value is -1.99. The van der Waals surface area contributed by atoms with Crippen molar-refractivity contribution in [2.75, 3.05) is 5.32 Å². The van der Waals surface area contributed by atoms with Gasteiger partial charge in [-0.25, -0.2) is 0 Å². The molecule has 1 N–H and O–H groups in total. The molecular formula is C16H9Cl3N2O. The van der Waals surface area contributed by atoms with Crippen LogP contribution in [0.2, 0.25) is 15.1 Å². The van der Waals surface area contributed by atoms with E-state index in [2.05, 4.69) is 5.32 Å². The summed E-state index contributed by atoms with van der Waals surface area (Å²) in [6, 6.07) is 13.5. The zero-order valence-corrected chi connectivity index (χ0v) is 13.4. The summed E-state index contributed by atoms with van der Waals surface area (Å²) in [6.45, 7) is 0. The number of para-hydroxylation sites is 1. The maximum atomic E-state index is 12.2. The third kappa shape index (κ3) is 4.02. The predicted octanol–water partition coefficient (Wildman–Crippen LogP) is 5.19. The molecule has 6 heteroatoms. The van der Waals surface area contributed by atoms with Gasteiger partial charge in [0.15, 0.2) is 0 Å². The molecule has 0 aliphatic heterocycles. The van der Waals surface area contributed by atoms with Crippen LogP contribution in [0.1, 0.15) is 5.56 Å². The molecule has 3 nitrogen and oxygen atoms in total. The second-order valence-corrected chi connectivity index (χ2v) is 5.53. The van der Waals surface area contributed by atoms with Crippen LogP contribution in [0.4, 0.5) is 5.69 Å². The molecule has 0 aromatic heterocycles. The van der Waals surface area contributed by atoms with Gasteiger partial charge in [0, 0.05) is 5.02 Å². The van der Waals surface area contributed by atoms with Crippen molar-refractivity contribution in [3.8, 4) is 6.07 Å². The van der Waals surface area contributed by atoms with Gasteiger partial charge in [-0.3, -0.25) is 4.79 Å². The van der Waals surface area contributed by atoms with Crippen LogP contribution in [0.15, 0.2) is 48.0 Å². The number of hydrogen-bond acceptors (Lipinski definition) is 2. The summed E-state index contributed by atoms with van der Waals surface area (Å²) in [6.07, 6.45) is 1.44. The van der Waals surface area contributed by atoms with E-state index in [0.29, 0.717) is 20.6 Å². The first-order valence-corrected chi connectivity index (χ1v) is 7.27. The summed E-state index contributed by atoms with van der Waals surface area (Å²) < 4.78 is 0. The predicted molar refractivity (Wildman–Crippen MR) is 90.1 cm³/mol. The molecule has 0 fully saturated rings. The highest BCUT2D eigenvalue weighted by Crippen LogP contribution is 2.30. The van der Waals surface area contributed by atoms with Gasteiger partial charge in [-0.05, 0) is 35.9 Å². The largest absolute Gasteiger partial charge is 0.319 e. The molecule has 2 aromatic carbocycles. The van der Waals surface area contributed by atoms with Crippen molar-refractivity contribution in [1.29, 1.82) is 5.26 Å². The maximum Gasteiger partial charge on any atom is 0.266 e. The molecule has 2 aromatic rings. The number of nitrogens with zero attached hydrogens (tertiary/aromatic N) is 1. The van der Waals surface area contributed by atoms with Crippen molar-refractivity contribution in [1.82, 2.24) is 0 Å². The zero-order valence-electron chi connectivity index (χ0n) is 11.1. The summed E-state index contributed by atoms with van der Waals surface area (Å²) >= 11 is 17.8. The number of anilines is 1. The lowest BCUT2D eigenvalue weighted by Crippen LogP contribution is -2.14. The van der Waals surface area contributed by atoms with Crippen LogP contribution in [0, 0.1) is 11.3 Å².